The van der Waals surface area contributed by atoms with Gasteiger partial charge < -0.3 is 10.6 Å². The van der Waals surface area contributed by atoms with Gasteiger partial charge in [-0.3, -0.25) is 4.99 Å². The van der Waals surface area contributed by atoms with Gasteiger partial charge in [-0.15, -0.1) is 35.3 Å². The molecule has 2 N–H and O–H groups in total. The Morgan fingerprint density at radius 2 is 1.85 bits per heavy atom. The van der Waals surface area contributed by atoms with E-state index in [0.29, 0.717) is 4.90 Å². The van der Waals surface area contributed by atoms with Crippen molar-refractivity contribution >= 4 is 51.1 Å². The monoisotopic (exact) mass is 507 g/mol. The fourth-order valence-electron chi connectivity index (χ4n) is 2.30. The summed E-state index contributed by atoms with van der Waals surface area (Å²) in [5.41, 5.74) is 1.09. The average molecular weight is 507 g/mol. The molecule has 2 rings (SSSR count). The lowest BCUT2D eigenvalue weighted by Crippen LogP contribution is -2.38. The molecule has 0 atom stereocenters. The lowest BCUT2D eigenvalue weighted by atomic mass is 10.1. The Balaban J connectivity index is 0.00000338. The number of halogens is 1. The highest BCUT2D eigenvalue weighted by molar-refractivity contribution is 14.0. The number of benzene rings is 1. The van der Waals surface area contributed by atoms with Crippen molar-refractivity contribution in [2.45, 2.75) is 24.7 Å². The summed E-state index contributed by atoms with van der Waals surface area (Å²) in [4.78, 5) is 6.28. The van der Waals surface area contributed by atoms with Gasteiger partial charge in [0.15, 0.2) is 15.8 Å². The number of nitrogens with one attached hydrogen (secondary N) is 2. The Morgan fingerprint density at radius 1 is 1.12 bits per heavy atom. The molecular weight excluding hydrogens is 481 g/mol. The maximum Gasteiger partial charge on any atom is 0.191 e. The van der Waals surface area contributed by atoms with Gasteiger partial charge in [0.05, 0.1) is 4.90 Å². The molecule has 0 spiro atoms. The molecule has 0 amide bonds. The first-order chi connectivity index (χ1) is 12.0. The van der Waals surface area contributed by atoms with E-state index in [-0.39, 0.29) is 24.0 Å². The third kappa shape index (κ3) is 8.05. The van der Waals surface area contributed by atoms with E-state index < -0.39 is 9.84 Å². The van der Waals surface area contributed by atoms with Crippen LogP contribution in [0.15, 0.2) is 51.7 Å². The molecule has 0 fully saturated rings. The van der Waals surface area contributed by atoms with Crippen molar-refractivity contribution in [1.82, 2.24) is 10.6 Å². The minimum Gasteiger partial charge on any atom is -0.357 e. The lowest BCUT2D eigenvalue weighted by molar-refractivity contribution is 0.602. The second-order valence-corrected chi connectivity index (χ2v) is 8.73. The van der Waals surface area contributed by atoms with Crippen LogP contribution in [-0.2, 0) is 22.7 Å². The Labute approximate surface area is 177 Å². The van der Waals surface area contributed by atoms with Gasteiger partial charge in [-0.25, -0.2) is 8.42 Å². The molecule has 0 bridgehead atoms. The van der Waals surface area contributed by atoms with E-state index in [2.05, 4.69) is 33.1 Å². The van der Waals surface area contributed by atoms with Crippen LogP contribution in [0.2, 0.25) is 0 Å². The number of nitrogens with zero attached hydrogens (tertiary/aromatic N) is 1. The molecule has 0 aliphatic heterocycles. The molecule has 0 radical (unpaired) electrons. The van der Waals surface area contributed by atoms with Crippen LogP contribution in [0.1, 0.15) is 17.4 Å². The second kappa shape index (κ2) is 11.6. The third-order valence-corrected chi connectivity index (χ3v) is 5.67. The Bertz CT molecular complexity index is 773. The van der Waals surface area contributed by atoms with Crippen LogP contribution in [0.4, 0.5) is 0 Å². The normalized spacial score (nSPS) is 11.7. The summed E-state index contributed by atoms with van der Waals surface area (Å²) in [6.07, 6.45) is 2.97. The molecule has 144 valence electrons. The summed E-state index contributed by atoms with van der Waals surface area (Å²) in [5, 5.41) is 8.64. The summed E-state index contributed by atoms with van der Waals surface area (Å²) in [6.45, 7) is 4.34. The average Bonchev–Trinajstić information content (AvgIpc) is 3.08. The maximum absolute atomic E-state index is 11.5. The SMILES string of the molecule is CCNC(=NCCc1cccs1)NCCc1ccc(S(C)(=O)=O)cc1.I. The molecular formula is C18H26IN3O2S2. The van der Waals surface area contributed by atoms with Crippen molar-refractivity contribution in [2.24, 2.45) is 4.99 Å². The van der Waals surface area contributed by atoms with Crippen molar-refractivity contribution < 1.29 is 8.42 Å². The molecule has 0 saturated carbocycles. The predicted molar refractivity (Wildman–Crippen MR) is 121 cm³/mol. The number of hydrogen-bond donors (Lipinski definition) is 2. The smallest absolute Gasteiger partial charge is 0.191 e. The molecule has 5 nitrogen and oxygen atoms in total. The number of guanidine groups is 1. The van der Waals surface area contributed by atoms with E-state index in [1.165, 1.54) is 11.1 Å². The van der Waals surface area contributed by atoms with Crippen molar-refractivity contribution in [2.75, 3.05) is 25.9 Å². The summed E-state index contributed by atoms with van der Waals surface area (Å²) >= 11 is 1.75. The predicted octanol–water partition coefficient (Wildman–Crippen LogP) is 3.11. The van der Waals surface area contributed by atoms with Gasteiger partial charge in [0.1, 0.15) is 0 Å². The summed E-state index contributed by atoms with van der Waals surface area (Å²) < 4.78 is 22.9. The summed E-state index contributed by atoms with van der Waals surface area (Å²) in [5.74, 6) is 0.812. The van der Waals surface area contributed by atoms with E-state index in [0.717, 1.165) is 44.0 Å². The number of sulfone groups is 1. The van der Waals surface area contributed by atoms with Crippen LogP contribution in [-0.4, -0.2) is 40.3 Å². The topological polar surface area (TPSA) is 70.6 Å². The molecule has 0 aliphatic rings. The first-order valence-corrected chi connectivity index (χ1v) is 11.1. The first-order valence-electron chi connectivity index (χ1n) is 8.32. The fourth-order valence-corrected chi connectivity index (χ4v) is 3.63. The number of rotatable bonds is 8. The molecule has 0 unspecified atom stereocenters. The third-order valence-electron chi connectivity index (χ3n) is 3.61. The van der Waals surface area contributed by atoms with E-state index in [9.17, 15) is 8.42 Å². The molecule has 8 heteroatoms. The van der Waals surface area contributed by atoms with E-state index >= 15 is 0 Å². The van der Waals surface area contributed by atoms with Crippen LogP contribution in [0.25, 0.3) is 0 Å². The van der Waals surface area contributed by atoms with Crippen LogP contribution in [0.5, 0.6) is 0 Å². The molecule has 0 saturated heterocycles. The van der Waals surface area contributed by atoms with Crippen LogP contribution in [0, 0.1) is 0 Å². The molecule has 1 aromatic heterocycles. The zero-order valence-electron chi connectivity index (χ0n) is 15.1. The van der Waals surface area contributed by atoms with Crippen molar-refractivity contribution in [3.8, 4) is 0 Å². The van der Waals surface area contributed by atoms with E-state index in [1.54, 1.807) is 23.5 Å². The van der Waals surface area contributed by atoms with Gasteiger partial charge in [0, 0.05) is 37.2 Å². The maximum atomic E-state index is 11.5. The van der Waals surface area contributed by atoms with Gasteiger partial charge >= 0.3 is 0 Å². The van der Waals surface area contributed by atoms with Crippen molar-refractivity contribution in [3.63, 3.8) is 0 Å². The standard InChI is InChI=1S/C18H25N3O2S2.HI/c1-3-19-18(21-13-11-16-5-4-14-24-16)20-12-10-15-6-8-17(9-7-15)25(2,22)23;/h4-9,14H,3,10-13H2,1-2H3,(H2,19,20,21);1H. The molecule has 1 aromatic carbocycles. The van der Waals surface area contributed by atoms with Gasteiger partial charge in [0.25, 0.3) is 0 Å². The Kier molecular flexibility index (Phi) is 10.2. The highest BCUT2D eigenvalue weighted by Gasteiger charge is 2.06. The molecule has 1 heterocycles. The second-order valence-electron chi connectivity index (χ2n) is 5.68. The minimum absolute atomic E-state index is 0. The molecule has 2 aromatic rings. The van der Waals surface area contributed by atoms with Gasteiger partial charge in [-0.05, 0) is 42.5 Å². The quantitative estimate of drug-likeness (QED) is 0.327. The zero-order valence-corrected chi connectivity index (χ0v) is 19.0. The molecule has 26 heavy (non-hydrogen) atoms. The van der Waals surface area contributed by atoms with E-state index in [1.807, 2.05) is 19.1 Å². The van der Waals surface area contributed by atoms with E-state index in [4.69, 9.17) is 0 Å². The highest BCUT2D eigenvalue weighted by Crippen LogP contribution is 2.10. The van der Waals surface area contributed by atoms with Crippen LogP contribution in [0.3, 0.4) is 0 Å². The highest BCUT2D eigenvalue weighted by atomic mass is 127. The number of hydrogen-bond acceptors (Lipinski definition) is 4. The van der Waals surface area contributed by atoms with Gasteiger partial charge in [0.2, 0.25) is 0 Å². The van der Waals surface area contributed by atoms with Gasteiger partial charge in [-0.2, -0.15) is 0 Å². The number of thiophene rings is 1. The largest absolute Gasteiger partial charge is 0.357 e. The van der Waals surface area contributed by atoms with Crippen LogP contribution < -0.4 is 10.6 Å². The van der Waals surface area contributed by atoms with Gasteiger partial charge in [-0.1, -0.05) is 18.2 Å². The summed E-state index contributed by atoms with van der Waals surface area (Å²) in [7, 11) is -3.13. The van der Waals surface area contributed by atoms with Crippen LogP contribution >= 0.6 is 35.3 Å². The van der Waals surface area contributed by atoms with Crippen molar-refractivity contribution in [1.29, 1.82) is 0 Å². The first kappa shape index (κ1) is 22.9. The fraction of sp³-hybridized carbons (Fsp3) is 0.389. The van der Waals surface area contributed by atoms with Crippen molar-refractivity contribution in [3.05, 3.63) is 52.2 Å². The summed E-state index contributed by atoms with van der Waals surface area (Å²) in [6, 6.07) is 11.2. The minimum atomic E-state index is -3.13. The Morgan fingerprint density at radius 3 is 2.42 bits per heavy atom. The molecule has 0 aliphatic carbocycles. The number of aliphatic imine (C=N–C) groups is 1. The lowest BCUT2D eigenvalue weighted by Gasteiger charge is -2.11. The zero-order chi connectivity index (χ0) is 18.1. The Hall–Kier alpha value is -1.13.